The predicted molar refractivity (Wildman–Crippen MR) is 73.7 cm³/mol. The van der Waals surface area contributed by atoms with Gasteiger partial charge in [-0.15, -0.1) is 0 Å². The van der Waals surface area contributed by atoms with Gasteiger partial charge >= 0.3 is 0 Å². The maximum Gasteiger partial charge on any atom is 0.246 e. The fourth-order valence-electron chi connectivity index (χ4n) is 3.65. The summed E-state index contributed by atoms with van der Waals surface area (Å²) in [5.41, 5.74) is 1.21. The van der Waals surface area contributed by atoms with Gasteiger partial charge in [0.2, 0.25) is 10.0 Å². The van der Waals surface area contributed by atoms with Gasteiger partial charge in [-0.25, -0.2) is 8.42 Å². The third-order valence-corrected chi connectivity index (χ3v) is 6.91. The molecule has 1 aromatic rings. The lowest BCUT2D eigenvalue weighted by Crippen LogP contribution is -2.31. The van der Waals surface area contributed by atoms with Crippen LogP contribution in [0.2, 0.25) is 0 Å². The van der Waals surface area contributed by atoms with Crippen molar-refractivity contribution in [2.24, 2.45) is 18.9 Å². The Hall–Kier alpha value is -0.920. The van der Waals surface area contributed by atoms with Gasteiger partial charge in [0.25, 0.3) is 0 Å². The zero-order valence-corrected chi connectivity index (χ0v) is 12.9. The molecule has 0 radical (unpaired) electrons. The molecule has 1 aliphatic heterocycles. The summed E-state index contributed by atoms with van der Waals surface area (Å²) in [4.78, 5) is 0.328. The van der Waals surface area contributed by atoms with Crippen LogP contribution in [-0.4, -0.2) is 46.8 Å². The number of fused-ring (bicyclic) bond motifs is 1. The molecule has 7 heteroatoms. The Morgan fingerprint density at radius 3 is 2.50 bits per heavy atom. The quantitative estimate of drug-likeness (QED) is 0.859. The second-order valence-corrected chi connectivity index (χ2v) is 7.89. The van der Waals surface area contributed by atoms with Crippen LogP contribution in [0.1, 0.15) is 24.2 Å². The van der Waals surface area contributed by atoms with Gasteiger partial charge in [0.15, 0.2) is 0 Å². The van der Waals surface area contributed by atoms with Gasteiger partial charge in [0, 0.05) is 26.1 Å². The van der Waals surface area contributed by atoms with Gasteiger partial charge in [0.1, 0.15) is 4.90 Å². The van der Waals surface area contributed by atoms with E-state index in [9.17, 15) is 13.5 Å². The maximum absolute atomic E-state index is 12.8. The molecule has 2 fully saturated rings. The largest absolute Gasteiger partial charge is 0.393 e. The highest BCUT2D eigenvalue weighted by atomic mass is 32.2. The van der Waals surface area contributed by atoms with Crippen LogP contribution in [0.5, 0.6) is 0 Å². The Morgan fingerprint density at radius 2 is 1.95 bits per heavy atom. The van der Waals surface area contributed by atoms with Gasteiger partial charge in [-0.2, -0.15) is 9.40 Å². The number of aryl methyl sites for hydroxylation is 2. The SMILES string of the molecule is Cc1nn(C)c(C)c1S(=O)(=O)N1CC2CCC(O)C2C1. The normalized spacial score (nSPS) is 30.9. The Bertz CT molecular complexity index is 638. The number of nitrogens with zero attached hydrogens (tertiary/aromatic N) is 3. The topological polar surface area (TPSA) is 75.4 Å². The first-order valence-corrected chi connectivity index (χ1v) is 8.44. The van der Waals surface area contributed by atoms with Gasteiger partial charge in [-0.3, -0.25) is 4.68 Å². The van der Waals surface area contributed by atoms with Crippen LogP contribution in [0.3, 0.4) is 0 Å². The summed E-state index contributed by atoms with van der Waals surface area (Å²) >= 11 is 0. The summed E-state index contributed by atoms with van der Waals surface area (Å²) in [6.45, 7) is 4.46. The van der Waals surface area contributed by atoms with Gasteiger partial charge in [-0.1, -0.05) is 0 Å². The smallest absolute Gasteiger partial charge is 0.246 e. The molecule has 6 nitrogen and oxygen atoms in total. The van der Waals surface area contributed by atoms with E-state index < -0.39 is 10.0 Å². The molecule has 1 N–H and O–H groups in total. The highest BCUT2D eigenvalue weighted by molar-refractivity contribution is 7.89. The number of aliphatic hydroxyl groups is 1. The minimum Gasteiger partial charge on any atom is -0.393 e. The lowest BCUT2D eigenvalue weighted by molar-refractivity contribution is 0.129. The first-order chi connectivity index (χ1) is 9.32. The van der Waals surface area contributed by atoms with Crippen LogP contribution in [-0.2, 0) is 17.1 Å². The molecule has 3 rings (SSSR count). The van der Waals surface area contributed by atoms with Crippen LogP contribution < -0.4 is 0 Å². The van der Waals surface area contributed by atoms with E-state index in [-0.39, 0.29) is 12.0 Å². The molecule has 1 aromatic heterocycles. The van der Waals surface area contributed by atoms with E-state index in [2.05, 4.69) is 5.10 Å². The van der Waals surface area contributed by atoms with Crippen molar-refractivity contribution in [1.82, 2.24) is 14.1 Å². The summed E-state index contributed by atoms with van der Waals surface area (Å²) in [5.74, 6) is 0.402. The van der Waals surface area contributed by atoms with Crippen molar-refractivity contribution in [3.63, 3.8) is 0 Å². The zero-order valence-electron chi connectivity index (χ0n) is 12.1. The summed E-state index contributed by atoms with van der Waals surface area (Å²) < 4.78 is 28.8. The minimum absolute atomic E-state index is 0.0991. The van der Waals surface area contributed by atoms with Crippen LogP contribution in [0.15, 0.2) is 4.90 Å². The highest BCUT2D eigenvalue weighted by Gasteiger charge is 2.46. The second-order valence-electron chi connectivity index (χ2n) is 6.01. The molecular weight excluding hydrogens is 278 g/mol. The van der Waals surface area contributed by atoms with E-state index in [4.69, 9.17) is 0 Å². The first-order valence-electron chi connectivity index (χ1n) is 7.00. The Balaban J connectivity index is 1.94. The number of rotatable bonds is 2. The molecule has 0 bridgehead atoms. The molecule has 0 amide bonds. The van der Waals surface area contributed by atoms with E-state index in [0.29, 0.717) is 35.3 Å². The molecule has 2 heterocycles. The third kappa shape index (κ3) is 1.91. The van der Waals surface area contributed by atoms with Gasteiger partial charge in [-0.05, 0) is 32.6 Å². The first kappa shape index (κ1) is 14.0. The van der Waals surface area contributed by atoms with Crippen molar-refractivity contribution in [3.05, 3.63) is 11.4 Å². The third-order valence-electron chi connectivity index (χ3n) is 4.83. The second kappa shape index (κ2) is 4.54. The van der Waals surface area contributed by atoms with Crippen molar-refractivity contribution >= 4 is 10.0 Å². The summed E-state index contributed by atoms with van der Waals surface area (Å²) in [5, 5.41) is 14.1. The Labute approximate surface area is 119 Å². The van der Waals surface area contributed by atoms with Gasteiger partial charge < -0.3 is 5.11 Å². The number of aromatic nitrogens is 2. The maximum atomic E-state index is 12.8. The average Bonchev–Trinajstić information content (AvgIpc) is 2.98. The molecule has 112 valence electrons. The minimum atomic E-state index is -3.51. The number of hydrogen-bond acceptors (Lipinski definition) is 4. The molecule has 1 aliphatic carbocycles. The van der Waals surface area contributed by atoms with E-state index >= 15 is 0 Å². The monoisotopic (exact) mass is 299 g/mol. The molecule has 3 unspecified atom stereocenters. The summed E-state index contributed by atoms with van der Waals surface area (Å²) in [6, 6.07) is 0. The van der Waals surface area contributed by atoms with Crippen LogP contribution >= 0.6 is 0 Å². The van der Waals surface area contributed by atoms with Crippen molar-refractivity contribution in [1.29, 1.82) is 0 Å². The van der Waals surface area contributed by atoms with Crippen molar-refractivity contribution < 1.29 is 13.5 Å². The molecule has 0 spiro atoms. The van der Waals surface area contributed by atoms with Crippen molar-refractivity contribution in [2.45, 2.75) is 37.7 Å². The summed E-state index contributed by atoms with van der Waals surface area (Å²) in [7, 11) is -1.75. The molecular formula is C13H21N3O3S. The zero-order chi connectivity index (χ0) is 14.7. The highest BCUT2D eigenvalue weighted by Crippen LogP contribution is 2.40. The molecule has 1 saturated heterocycles. The lowest BCUT2D eigenvalue weighted by atomic mass is 10.00. The van der Waals surface area contributed by atoms with Crippen LogP contribution in [0.25, 0.3) is 0 Å². The summed E-state index contributed by atoms with van der Waals surface area (Å²) in [6.07, 6.45) is 1.37. The Morgan fingerprint density at radius 1 is 1.25 bits per heavy atom. The van der Waals surface area contributed by atoms with Crippen molar-refractivity contribution in [3.8, 4) is 0 Å². The standard InChI is InChI=1S/C13H21N3O3S/c1-8-13(9(2)15(3)14-8)20(18,19)16-6-10-4-5-12(17)11(10)7-16/h10-12,17H,4-7H2,1-3H3. The van der Waals surface area contributed by atoms with E-state index in [1.165, 1.54) is 4.31 Å². The molecule has 0 aromatic carbocycles. The fraction of sp³-hybridized carbons (Fsp3) is 0.769. The van der Waals surface area contributed by atoms with Crippen LogP contribution in [0.4, 0.5) is 0 Å². The number of aliphatic hydroxyl groups excluding tert-OH is 1. The number of sulfonamides is 1. The lowest BCUT2D eigenvalue weighted by Gasteiger charge is -2.18. The number of hydrogen-bond donors (Lipinski definition) is 1. The molecule has 2 aliphatic rings. The van der Waals surface area contributed by atoms with Crippen LogP contribution in [0, 0.1) is 25.7 Å². The molecule has 3 atom stereocenters. The molecule has 1 saturated carbocycles. The average molecular weight is 299 g/mol. The predicted octanol–water partition coefficient (Wildman–Crippen LogP) is 0.428. The van der Waals surface area contributed by atoms with E-state index in [1.807, 2.05) is 0 Å². The fourth-order valence-corrected chi connectivity index (χ4v) is 5.58. The van der Waals surface area contributed by atoms with Gasteiger partial charge in [0.05, 0.1) is 17.5 Å². The van der Waals surface area contributed by atoms with Crippen molar-refractivity contribution in [2.75, 3.05) is 13.1 Å². The van der Waals surface area contributed by atoms with E-state index in [0.717, 1.165) is 12.8 Å². The van der Waals surface area contributed by atoms with E-state index in [1.54, 1.807) is 25.6 Å². The Kier molecular flexibility index (Phi) is 3.19. The molecule has 20 heavy (non-hydrogen) atoms.